The van der Waals surface area contributed by atoms with Crippen LogP contribution in [0.5, 0.6) is 0 Å². The molecule has 0 atom stereocenters. The maximum atomic E-state index is 13.1. The fraction of sp³-hybridized carbons (Fsp3) is 0.350. The maximum absolute atomic E-state index is 13.1. The number of ether oxygens (including phenoxy) is 2. The molecule has 2 fully saturated rings. The van der Waals surface area contributed by atoms with Crippen molar-refractivity contribution in [3.05, 3.63) is 64.0 Å². The van der Waals surface area contributed by atoms with Crippen molar-refractivity contribution in [1.29, 1.82) is 0 Å². The van der Waals surface area contributed by atoms with Gasteiger partial charge in [0.05, 0.1) is 23.0 Å². The smallest absolute Gasteiger partial charge is 0.284 e. The van der Waals surface area contributed by atoms with Crippen molar-refractivity contribution in [3.8, 4) is 0 Å². The van der Waals surface area contributed by atoms with Crippen LogP contribution in [0.3, 0.4) is 0 Å². The monoisotopic (exact) mass is 418 g/mol. The number of benzene rings is 2. The van der Waals surface area contributed by atoms with Crippen molar-refractivity contribution < 1.29 is 23.6 Å². The van der Waals surface area contributed by atoms with E-state index in [2.05, 4.69) is 0 Å². The summed E-state index contributed by atoms with van der Waals surface area (Å²) in [6.07, 6.45) is 1.17. The molecule has 0 bridgehead atoms. The van der Waals surface area contributed by atoms with E-state index in [1.165, 1.54) is 18.2 Å². The number of nitro groups is 1. The Morgan fingerprint density at radius 1 is 1.10 bits per heavy atom. The fourth-order valence-corrected chi connectivity index (χ4v) is 4.43. The van der Waals surface area contributed by atoms with Gasteiger partial charge in [-0.15, -0.1) is 0 Å². The molecule has 0 radical (unpaired) electrons. The zero-order chi connectivity index (χ0) is 20.4. The zero-order valence-corrected chi connectivity index (χ0v) is 16.3. The minimum Gasteiger partial charge on any atom is -0.347 e. The summed E-state index contributed by atoms with van der Waals surface area (Å²) >= 11 is 1.15. The van der Waals surface area contributed by atoms with Gasteiger partial charge in [0, 0.05) is 42.5 Å². The van der Waals surface area contributed by atoms with E-state index in [0.29, 0.717) is 48.9 Å². The molecule has 0 saturated carbocycles. The number of nitrogens with zero attached hydrogens (tertiary/aromatic N) is 2. The topological polar surface area (TPSA) is 81.9 Å². The third-order valence-corrected chi connectivity index (χ3v) is 6.14. The number of nitro benzene ring substituents is 1. The summed E-state index contributed by atoms with van der Waals surface area (Å²) in [5.41, 5.74) is 0.116. The number of carbonyl (C=O) groups is 1. The number of amides is 1. The summed E-state index contributed by atoms with van der Waals surface area (Å²) in [4.78, 5) is 26.6. The minimum atomic E-state index is -0.585. The molecule has 0 aliphatic carbocycles. The molecule has 7 nitrogen and oxygen atoms in total. The van der Waals surface area contributed by atoms with Crippen LogP contribution in [0, 0.1) is 15.9 Å². The first kappa shape index (κ1) is 19.8. The third kappa shape index (κ3) is 4.26. The van der Waals surface area contributed by atoms with Gasteiger partial charge >= 0.3 is 0 Å². The molecule has 0 aromatic heterocycles. The largest absolute Gasteiger partial charge is 0.347 e. The normalized spacial score (nSPS) is 18.2. The highest BCUT2D eigenvalue weighted by Crippen LogP contribution is 2.36. The second-order valence-corrected chi connectivity index (χ2v) is 8.01. The summed E-state index contributed by atoms with van der Waals surface area (Å²) in [5.74, 6) is -1.21. The van der Waals surface area contributed by atoms with Crippen molar-refractivity contribution in [2.75, 3.05) is 26.3 Å². The Balaban J connectivity index is 1.50. The Morgan fingerprint density at radius 2 is 1.76 bits per heavy atom. The number of hydrogen-bond donors (Lipinski definition) is 0. The molecule has 152 valence electrons. The highest BCUT2D eigenvalue weighted by atomic mass is 32.2. The standard InChI is InChI=1S/C20H19FN2O5S/c21-15-2-4-16(5-3-15)29-18-6-1-14(13-17(18)23(25)26)19(24)22-9-7-20(8-10-22)27-11-12-28-20/h1-6,13H,7-12H2. The van der Waals surface area contributed by atoms with Crippen LogP contribution < -0.4 is 0 Å². The van der Waals surface area contributed by atoms with Crippen LogP contribution in [0.1, 0.15) is 23.2 Å². The zero-order valence-electron chi connectivity index (χ0n) is 15.5. The molecule has 4 rings (SSSR count). The first-order valence-electron chi connectivity index (χ1n) is 9.25. The Bertz CT molecular complexity index is 921. The lowest BCUT2D eigenvalue weighted by Crippen LogP contribution is -2.47. The Morgan fingerprint density at radius 3 is 2.38 bits per heavy atom. The Kier molecular flexibility index (Phi) is 5.53. The lowest BCUT2D eigenvalue weighted by molar-refractivity contribution is -0.387. The quantitative estimate of drug-likeness (QED) is 0.554. The number of rotatable bonds is 4. The van der Waals surface area contributed by atoms with Gasteiger partial charge in [-0.3, -0.25) is 14.9 Å². The van der Waals surface area contributed by atoms with Crippen molar-refractivity contribution in [2.24, 2.45) is 0 Å². The van der Waals surface area contributed by atoms with E-state index in [1.54, 1.807) is 29.2 Å². The van der Waals surface area contributed by atoms with E-state index in [-0.39, 0.29) is 23.0 Å². The van der Waals surface area contributed by atoms with Crippen LogP contribution in [0.15, 0.2) is 52.3 Å². The molecule has 2 aliphatic rings. The summed E-state index contributed by atoms with van der Waals surface area (Å²) in [6.45, 7) is 2.07. The van der Waals surface area contributed by atoms with Crippen LogP contribution >= 0.6 is 11.8 Å². The van der Waals surface area contributed by atoms with E-state index in [1.807, 2.05) is 0 Å². The van der Waals surface area contributed by atoms with Gasteiger partial charge in [0.2, 0.25) is 0 Å². The van der Waals surface area contributed by atoms with E-state index in [9.17, 15) is 19.3 Å². The second kappa shape index (κ2) is 8.10. The van der Waals surface area contributed by atoms with Gasteiger partial charge in [-0.1, -0.05) is 11.8 Å². The van der Waals surface area contributed by atoms with Crippen LogP contribution in [0.25, 0.3) is 0 Å². The lowest BCUT2D eigenvalue weighted by atomic mass is 10.0. The van der Waals surface area contributed by atoms with Gasteiger partial charge in [-0.05, 0) is 36.4 Å². The van der Waals surface area contributed by atoms with Crippen molar-refractivity contribution >= 4 is 23.4 Å². The summed E-state index contributed by atoms with van der Waals surface area (Å²) in [5, 5.41) is 11.6. The SMILES string of the molecule is O=C(c1ccc(Sc2ccc(F)cc2)c([N+](=O)[O-])c1)N1CCC2(CC1)OCCO2. The molecular formula is C20H19FN2O5S. The Hall–Kier alpha value is -2.49. The first-order valence-corrected chi connectivity index (χ1v) is 10.1. The number of piperidine rings is 1. The van der Waals surface area contributed by atoms with Gasteiger partial charge in [-0.2, -0.15) is 0 Å². The molecule has 2 aromatic rings. The van der Waals surface area contributed by atoms with Crippen molar-refractivity contribution in [2.45, 2.75) is 28.4 Å². The van der Waals surface area contributed by atoms with E-state index in [4.69, 9.17) is 9.47 Å². The van der Waals surface area contributed by atoms with Gasteiger partial charge < -0.3 is 14.4 Å². The summed E-state index contributed by atoms with van der Waals surface area (Å²) in [7, 11) is 0. The molecule has 2 heterocycles. The number of halogens is 1. The van der Waals surface area contributed by atoms with Gasteiger partial charge in [0.1, 0.15) is 5.82 Å². The van der Waals surface area contributed by atoms with Gasteiger partial charge in [-0.25, -0.2) is 4.39 Å². The van der Waals surface area contributed by atoms with E-state index < -0.39 is 10.7 Å². The second-order valence-electron chi connectivity index (χ2n) is 6.90. The van der Waals surface area contributed by atoms with Gasteiger partial charge in [0.25, 0.3) is 11.6 Å². The number of hydrogen-bond acceptors (Lipinski definition) is 6. The summed E-state index contributed by atoms with van der Waals surface area (Å²) < 4.78 is 24.4. The average molecular weight is 418 g/mol. The third-order valence-electron chi connectivity index (χ3n) is 5.07. The van der Waals surface area contributed by atoms with Crippen molar-refractivity contribution in [3.63, 3.8) is 0 Å². The molecule has 9 heteroatoms. The molecule has 0 unspecified atom stereocenters. The minimum absolute atomic E-state index is 0.152. The van der Waals surface area contributed by atoms with Crippen LogP contribution in [-0.2, 0) is 9.47 Å². The molecule has 2 aromatic carbocycles. The Labute approximate surface area is 170 Å². The van der Waals surface area contributed by atoms with Crippen LogP contribution in [-0.4, -0.2) is 47.8 Å². The molecule has 2 aliphatic heterocycles. The first-order chi connectivity index (χ1) is 14.0. The van der Waals surface area contributed by atoms with Crippen LogP contribution in [0.4, 0.5) is 10.1 Å². The van der Waals surface area contributed by atoms with E-state index in [0.717, 1.165) is 11.8 Å². The maximum Gasteiger partial charge on any atom is 0.284 e. The predicted octanol–water partition coefficient (Wildman–Crippen LogP) is 3.86. The van der Waals surface area contributed by atoms with Crippen LogP contribution in [0.2, 0.25) is 0 Å². The molecule has 1 spiro atoms. The molecule has 0 N–H and O–H groups in total. The lowest BCUT2D eigenvalue weighted by Gasteiger charge is -2.37. The molecular weight excluding hydrogens is 399 g/mol. The highest BCUT2D eigenvalue weighted by Gasteiger charge is 2.41. The molecule has 29 heavy (non-hydrogen) atoms. The average Bonchev–Trinajstić information content (AvgIpc) is 3.18. The predicted molar refractivity (Wildman–Crippen MR) is 103 cm³/mol. The fourth-order valence-electron chi connectivity index (χ4n) is 3.53. The highest BCUT2D eigenvalue weighted by molar-refractivity contribution is 7.99. The molecule has 1 amide bonds. The van der Waals surface area contributed by atoms with Gasteiger partial charge in [0.15, 0.2) is 5.79 Å². The number of carbonyl (C=O) groups excluding carboxylic acids is 1. The summed E-state index contributed by atoms with van der Waals surface area (Å²) in [6, 6.07) is 10.2. The molecule has 2 saturated heterocycles. The van der Waals surface area contributed by atoms with E-state index >= 15 is 0 Å². The number of likely N-dealkylation sites (tertiary alicyclic amines) is 1. The van der Waals surface area contributed by atoms with Crippen molar-refractivity contribution in [1.82, 2.24) is 4.90 Å².